The molecule has 2 aromatic carbocycles. The molecule has 6 nitrogen and oxygen atoms in total. The Morgan fingerprint density at radius 3 is 2.39 bits per heavy atom. The number of carboxylic acids is 1. The molecule has 2 aliphatic carbocycles. The van der Waals surface area contributed by atoms with Crippen LogP contribution in [-0.2, 0) is 9.59 Å². The molecule has 33 heavy (non-hydrogen) atoms. The Morgan fingerprint density at radius 1 is 0.970 bits per heavy atom. The van der Waals surface area contributed by atoms with Crippen LogP contribution in [0.25, 0.3) is 0 Å². The van der Waals surface area contributed by atoms with Crippen molar-refractivity contribution in [3.05, 3.63) is 64.1 Å². The van der Waals surface area contributed by atoms with Crippen LogP contribution < -0.4 is 4.90 Å². The largest absolute Gasteiger partial charge is 0.481 e. The highest BCUT2D eigenvalue weighted by Gasteiger charge is 2.51. The maximum Gasteiger partial charge on any atom is 0.303 e. The summed E-state index contributed by atoms with van der Waals surface area (Å²) in [5.41, 5.74) is 2.52. The molecule has 0 unspecified atom stereocenters. The second kappa shape index (κ2) is 8.93. The number of carbonyl (C=O) groups excluding carboxylic acids is 2. The molecule has 2 fully saturated rings. The molecule has 3 atom stereocenters. The van der Waals surface area contributed by atoms with Crippen LogP contribution in [0.15, 0.2) is 53.0 Å². The van der Waals surface area contributed by atoms with E-state index in [4.69, 9.17) is 5.11 Å². The highest BCUT2D eigenvalue weighted by Crippen LogP contribution is 2.52. The summed E-state index contributed by atoms with van der Waals surface area (Å²) in [6.07, 6.45) is 4.63. The minimum absolute atomic E-state index is 0.0134. The number of aliphatic carboxylic acids is 1. The zero-order chi connectivity index (χ0) is 23.1. The lowest BCUT2D eigenvalue weighted by molar-refractivity contribution is -0.142. The van der Waals surface area contributed by atoms with E-state index in [1.807, 2.05) is 58.3 Å². The number of fused-ring (bicyclic) bond motifs is 2. The first-order valence-electron chi connectivity index (χ1n) is 11.7. The van der Waals surface area contributed by atoms with Crippen molar-refractivity contribution in [2.45, 2.75) is 63.1 Å². The Morgan fingerprint density at radius 2 is 1.70 bits per heavy atom. The number of carboxylic acid groups (broad SMARTS) is 1. The summed E-state index contributed by atoms with van der Waals surface area (Å²) in [5, 5.41) is 9.12. The van der Waals surface area contributed by atoms with Crippen LogP contribution in [0.1, 0.15) is 66.9 Å². The van der Waals surface area contributed by atoms with E-state index in [1.54, 1.807) is 0 Å². The van der Waals surface area contributed by atoms with E-state index >= 15 is 0 Å². The number of nitrogens with zero attached hydrogens (tertiary/aromatic N) is 2. The van der Waals surface area contributed by atoms with E-state index < -0.39 is 5.97 Å². The van der Waals surface area contributed by atoms with Gasteiger partial charge in [0, 0.05) is 40.1 Å². The van der Waals surface area contributed by atoms with Gasteiger partial charge in [-0.15, -0.1) is 0 Å². The maximum atomic E-state index is 13.7. The Hall–Kier alpha value is -2.67. The van der Waals surface area contributed by atoms with Gasteiger partial charge < -0.3 is 14.9 Å². The van der Waals surface area contributed by atoms with Crippen molar-refractivity contribution in [2.24, 2.45) is 5.92 Å². The van der Waals surface area contributed by atoms with E-state index in [9.17, 15) is 14.4 Å². The van der Waals surface area contributed by atoms with Gasteiger partial charge >= 0.3 is 5.97 Å². The number of halogens is 1. The van der Waals surface area contributed by atoms with Gasteiger partial charge in [0.25, 0.3) is 5.91 Å². The average Bonchev–Trinajstić information content (AvgIpc) is 3.53. The monoisotopic (exact) mass is 510 g/mol. The summed E-state index contributed by atoms with van der Waals surface area (Å²) in [6, 6.07) is 15.5. The van der Waals surface area contributed by atoms with Crippen LogP contribution in [0.5, 0.6) is 0 Å². The fourth-order valence-corrected chi connectivity index (χ4v) is 5.92. The number of hydrogen-bond acceptors (Lipinski definition) is 3. The summed E-state index contributed by atoms with van der Waals surface area (Å²) in [4.78, 5) is 42.0. The van der Waals surface area contributed by atoms with Gasteiger partial charge in [0.2, 0.25) is 5.91 Å². The van der Waals surface area contributed by atoms with Crippen molar-refractivity contribution in [1.82, 2.24) is 4.90 Å². The Labute approximate surface area is 201 Å². The number of hydrogen-bond donors (Lipinski definition) is 1. The standard InChI is InChI=1S/C26H27BrN2O4/c27-17-10-8-16(9-11-17)26(33)29-21-6-2-1-4-19(21)25(20-5-3-7-22(20)29)28(18-12-13-18)23(30)14-15-24(31)32/h1-2,4,6,8-11,18,20,22,25H,3,5,7,12-15H2,(H,31,32)/t20-,22+,25-/m0/s1. The van der Waals surface area contributed by atoms with Crippen LogP contribution in [0.2, 0.25) is 0 Å². The van der Waals surface area contributed by atoms with Crippen LogP contribution in [0.3, 0.4) is 0 Å². The molecule has 1 N–H and O–H groups in total. The molecule has 0 spiro atoms. The molecule has 5 rings (SSSR count). The third kappa shape index (κ3) is 4.19. The molecule has 1 aliphatic heterocycles. The first kappa shape index (κ1) is 22.1. The lowest BCUT2D eigenvalue weighted by atomic mass is 9.81. The molecular weight excluding hydrogens is 484 g/mol. The molecule has 2 saturated carbocycles. The number of anilines is 1. The lowest BCUT2D eigenvalue weighted by Gasteiger charge is -2.48. The molecular formula is C26H27BrN2O4. The molecule has 172 valence electrons. The topological polar surface area (TPSA) is 77.9 Å². The number of carbonyl (C=O) groups is 3. The van der Waals surface area contributed by atoms with Crippen molar-refractivity contribution in [3.63, 3.8) is 0 Å². The summed E-state index contributed by atoms with van der Waals surface area (Å²) < 4.78 is 0.928. The predicted octanol–water partition coefficient (Wildman–Crippen LogP) is 5.18. The zero-order valence-electron chi connectivity index (χ0n) is 18.3. The molecule has 2 amide bonds. The highest BCUT2D eigenvalue weighted by atomic mass is 79.9. The normalized spacial score (nSPS) is 23.5. The fourth-order valence-electron chi connectivity index (χ4n) is 5.65. The van der Waals surface area contributed by atoms with Gasteiger partial charge in [-0.05, 0) is 61.6 Å². The van der Waals surface area contributed by atoms with Gasteiger partial charge in [0.05, 0.1) is 12.5 Å². The van der Waals surface area contributed by atoms with Crippen molar-refractivity contribution in [3.8, 4) is 0 Å². The molecule has 3 aliphatic rings. The summed E-state index contributed by atoms with van der Waals surface area (Å²) in [6.45, 7) is 0. The lowest BCUT2D eigenvalue weighted by Crippen LogP contribution is -2.52. The van der Waals surface area contributed by atoms with E-state index in [0.717, 1.165) is 47.8 Å². The maximum absolute atomic E-state index is 13.7. The van der Waals surface area contributed by atoms with Gasteiger partial charge in [-0.3, -0.25) is 14.4 Å². The SMILES string of the molecule is O=C(O)CCC(=O)N(C1CC1)[C@H]1c2ccccc2N(C(=O)c2ccc(Br)cc2)[C@@H]2CCC[C@@H]21. The Bertz CT molecular complexity index is 1080. The van der Waals surface area contributed by atoms with Crippen molar-refractivity contribution in [1.29, 1.82) is 0 Å². The second-order valence-corrected chi connectivity index (χ2v) is 10.2. The minimum Gasteiger partial charge on any atom is -0.481 e. The second-order valence-electron chi connectivity index (χ2n) is 9.27. The van der Waals surface area contributed by atoms with Gasteiger partial charge in [0.15, 0.2) is 0 Å². The van der Waals surface area contributed by atoms with Crippen LogP contribution in [0, 0.1) is 5.92 Å². The first-order chi connectivity index (χ1) is 16.0. The number of rotatable bonds is 6. The quantitative estimate of drug-likeness (QED) is 0.580. The molecule has 2 aromatic rings. The smallest absolute Gasteiger partial charge is 0.303 e. The van der Waals surface area contributed by atoms with Crippen LogP contribution in [-0.4, -0.2) is 39.9 Å². The van der Waals surface area contributed by atoms with Crippen molar-refractivity contribution >= 4 is 39.4 Å². The predicted molar refractivity (Wildman–Crippen MR) is 128 cm³/mol. The van der Waals surface area contributed by atoms with Gasteiger partial charge in [-0.2, -0.15) is 0 Å². The van der Waals surface area contributed by atoms with E-state index in [2.05, 4.69) is 15.9 Å². The first-order valence-corrected chi connectivity index (χ1v) is 12.5. The van der Waals surface area contributed by atoms with Crippen molar-refractivity contribution < 1.29 is 19.5 Å². The van der Waals surface area contributed by atoms with Gasteiger partial charge in [-0.1, -0.05) is 40.5 Å². The van der Waals surface area contributed by atoms with Gasteiger partial charge in [0.1, 0.15) is 0 Å². The van der Waals surface area contributed by atoms with Crippen LogP contribution in [0.4, 0.5) is 5.69 Å². The van der Waals surface area contributed by atoms with Crippen LogP contribution >= 0.6 is 15.9 Å². The van der Waals surface area contributed by atoms with Crippen molar-refractivity contribution in [2.75, 3.05) is 4.90 Å². The molecule has 1 heterocycles. The third-order valence-corrected chi connectivity index (χ3v) is 7.70. The van der Waals surface area contributed by atoms with E-state index in [-0.39, 0.29) is 48.7 Å². The summed E-state index contributed by atoms with van der Waals surface area (Å²) in [7, 11) is 0. The van der Waals surface area contributed by atoms with Gasteiger partial charge in [-0.25, -0.2) is 0 Å². The minimum atomic E-state index is -0.951. The summed E-state index contributed by atoms with van der Waals surface area (Å²) in [5.74, 6) is -0.902. The summed E-state index contributed by atoms with van der Waals surface area (Å²) >= 11 is 3.44. The average molecular weight is 511 g/mol. The third-order valence-electron chi connectivity index (χ3n) is 7.17. The Balaban J connectivity index is 1.55. The zero-order valence-corrected chi connectivity index (χ0v) is 19.9. The molecule has 0 bridgehead atoms. The number of para-hydroxylation sites is 1. The number of benzene rings is 2. The molecule has 7 heteroatoms. The Kier molecular flexibility index (Phi) is 5.99. The molecule has 0 saturated heterocycles. The van der Waals surface area contributed by atoms with E-state index in [1.165, 1.54) is 0 Å². The molecule has 0 radical (unpaired) electrons. The molecule has 0 aromatic heterocycles. The number of amides is 2. The fraction of sp³-hybridized carbons (Fsp3) is 0.423. The van der Waals surface area contributed by atoms with E-state index in [0.29, 0.717) is 5.56 Å². The highest BCUT2D eigenvalue weighted by molar-refractivity contribution is 9.10.